The number of nitrogens with zero attached hydrogens (tertiary/aromatic N) is 1. The van der Waals surface area contributed by atoms with Crippen LogP contribution in [0.5, 0.6) is 5.75 Å². The molecule has 6 nitrogen and oxygen atoms in total. The van der Waals surface area contributed by atoms with Gasteiger partial charge in [-0.05, 0) is 12.1 Å². The minimum Gasteiger partial charge on any atom is -0.494 e. The Morgan fingerprint density at radius 1 is 1.24 bits per heavy atom. The van der Waals surface area contributed by atoms with E-state index in [-0.39, 0.29) is 13.2 Å². The van der Waals surface area contributed by atoms with Gasteiger partial charge in [-0.3, -0.25) is 10.7 Å². The SMILES string of the molecule is COc1cc(N(CCO)CCO)ccc1NO. The number of rotatable bonds is 7. The van der Waals surface area contributed by atoms with Gasteiger partial charge in [-0.1, -0.05) is 0 Å². The van der Waals surface area contributed by atoms with Crippen molar-refractivity contribution in [3.8, 4) is 5.75 Å². The Bertz CT molecular complexity index is 340. The van der Waals surface area contributed by atoms with Crippen molar-refractivity contribution in [3.05, 3.63) is 18.2 Å². The van der Waals surface area contributed by atoms with Crippen molar-refractivity contribution in [2.24, 2.45) is 0 Å². The molecule has 0 radical (unpaired) electrons. The molecule has 6 heteroatoms. The number of hydrogen-bond acceptors (Lipinski definition) is 6. The summed E-state index contributed by atoms with van der Waals surface area (Å²) in [6.45, 7) is 0.857. The van der Waals surface area contributed by atoms with E-state index in [1.165, 1.54) is 7.11 Å². The average Bonchev–Trinajstić information content (AvgIpc) is 2.37. The molecule has 0 heterocycles. The normalized spacial score (nSPS) is 10.1. The smallest absolute Gasteiger partial charge is 0.146 e. The van der Waals surface area contributed by atoms with Crippen molar-refractivity contribution in [1.82, 2.24) is 0 Å². The molecule has 0 unspecified atom stereocenters. The molecule has 0 aromatic heterocycles. The quantitative estimate of drug-likeness (QED) is 0.514. The Hall–Kier alpha value is -1.50. The second-order valence-electron chi connectivity index (χ2n) is 3.43. The highest BCUT2D eigenvalue weighted by atomic mass is 16.5. The van der Waals surface area contributed by atoms with Crippen molar-refractivity contribution >= 4 is 11.4 Å². The maximum Gasteiger partial charge on any atom is 0.146 e. The number of anilines is 2. The molecule has 96 valence electrons. The van der Waals surface area contributed by atoms with Crippen LogP contribution in [0.25, 0.3) is 0 Å². The van der Waals surface area contributed by atoms with Crippen LogP contribution in [0.4, 0.5) is 11.4 Å². The number of benzene rings is 1. The van der Waals surface area contributed by atoms with E-state index in [0.29, 0.717) is 24.5 Å². The Morgan fingerprint density at radius 3 is 2.35 bits per heavy atom. The molecular weight excluding hydrogens is 224 g/mol. The first kappa shape index (κ1) is 13.6. The third-order valence-electron chi connectivity index (χ3n) is 2.41. The number of hydrogen-bond donors (Lipinski definition) is 4. The molecule has 1 aromatic rings. The number of ether oxygens (including phenoxy) is 1. The predicted octanol–water partition coefficient (Wildman–Crippen LogP) is 0.287. The van der Waals surface area contributed by atoms with E-state index in [1.54, 1.807) is 18.2 Å². The summed E-state index contributed by atoms with van der Waals surface area (Å²) in [6.07, 6.45) is 0. The zero-order chi connectivity index (χ0) is 12.7. The van der Waals surface area contributed by atoms with Crippen LogP contribution in [-0.4, -0.2) is 48.8 Å². The summed E-state index contributed by atoms with van der Waals surface area (Å²) in [4.78, 5) is 1.82. The first-order chi connectivity index (χ1) is 8.26. The molecule has 0 spiro atoms. The highest BCUT2D eigenvalue weighted by Crippen LogP contribution is 2.29. The summed E-state index contributed by atoms with van der Waals surface area (Å²) >= 11 is 0. The van der Waals surface area contributed by atoms with Gasteiger partial charge in [0.25, 0.3) is 0 Å². The lowest BCUT2D eigenvalue weighted by atomic mass is 10.2. The molecule has 4 N–H and O–H groups in total. The third kappa shape index (κ3) is 3.48. The van der Waals surface area contributed by atoms with Crippen LogP contribution in [0.15, 0.2) is 18.2 Å². The summed E-state index contributed by atoms with van der Waals surface area (Å²) in [5, 5.41) is 26.8. The van der Waals surface area contributed by atoms with Gasteiger partial charge in [0.1, 0.15) is 11.4 Å². The minimum atomic E-state index is 0.00230. The Morgan fingerprint density at radius 2 is 1.88 bits per heavy atom. The van der Waals surface area contributed by atoms with E-state index in [9.17, 15) is 0 Å². The van der Waals surface area contributed by atoms with Gasteiger partial charge in [0.15, 0.2) is 0 Å². The minimum absolute atomic E-state index is 0.00230. The molecule has 0 atom stereocenters. The van der Waals surface area contributed by atoms with E-state index in [2.05, 4.69) is 0 Å². The largest absolute Gasteiger partial charge is 0.494 e. The van der Waals surface area contributed by atoms with Gasteiger partial charge in [0.05, 0.1) is 20.3 Å². The van der Waals surface area contributed by atoms with Crippen LogP contribution in [0, 0.1) is 0 Å². The van der Waals surface area contributed by atoms with E-state index < -0.39 is 0 Å². The third-order valence-corrected chi connectivity index (χ3v) is 2.41. The van der Waals surface area contributed by atoms with E-state index in [1.807, 2.05) is 10.4 Å². The molecule has 0 aliphatic rings. The number of aliphatic hydroxyl groups excluding tert-OH is 2. The van der Waals surface area contributed by atoms with Crippen LogP contribution >= 0.6 is 0 Å². The molecule has 1 rings (SSSR count). The van der Waals surface area contributed by atoms with Gasteiger partial charge in [-0.25, -0.2) is 0 Å². The van der Waals surface area contributed by atoms with Gasteiger partial charge in [-0.15, -0.1) is 0 Å². The zero-order valence-corrected chi connectivity index (χ0v) is 9.76. The van der Waals surface area contributed by atoms with Crippen LogP contribution in [-0.2, 0) is 0 Å². The fourth-order valence-corrected chi connectivity index (χ4v) is 1.58. The molecule has 0 aliphatic heterocycles. The molecule has 17 heavy (non-hydrogen) atoms. The maximum absolute atomic E-state index is 8.94. The fourth-order valence-electron chi connectivity index (χ4n) is 1.58. The molecule has 0 aliphatic carbocycles. The van der Waals surface area contributed by atoms with Crippen molar-refractivity contribution in [2.45, 2.75) is 0 Å². The van der Waals surface area contributed by atoms with Crippen LogP contribution in [0.2, 0.25) is 0 Å². The first-order valence-corrected chi connectivity index (χ1v) is 5.31. The predicted molar refractivity (Wildman–Crippen MR) is 64.8 cm³/mol. The fraction of sp³-hybridized carbons (Fsp3) is 0.455. The number of methoxy groups -OCH3 is 1. The second kappa shape index (κ2) is 6.95. The van der Waals surface area contributed by atoms with Crippen molar-refractivity contribution in [2.75, 3.05) is 43.8 Å². The highest BCUT2D eigenvalue weighted by molar-refractivity contribution is 5.63. The lowest BCUT2D eigenvalue weighted by molar-refractivity contribution is 0.281. The molecular formula is C11H18N2O4. The summed E-state index contributed by atoms with van der Waals surface area (Å²) < 4.78 is 5.11. The Kier molecular flexibility index (Phi) is 5.55. The van der Waals surface area contributed by atoms with Gasteiger partial charge < -0.3 is 19.8 Å². The van der Waals surface area contributed by atoms with Crippen molar-refractivity contribution in [1.29, 1.82) is 0 Å². The zero-order valence-electron chi connectivity index (χ0n) is 9.76. The second-order valence-corrected chi connectivity index (χ2v) is 3.43. The first-order valence-electron chi connectivity index (χ1n) is 5.31. The van der Waals surface area contributed by atoms with Gasteiger partial charge in [-0.2, -0.15) is 0 Å². The van der Waals surface area contributed by atoms with Crippen LogP contribution in [0.1, 0.15) is 0 Å². The molecule has 0 amide bonds. The Balaban J connectivity index is 2.94. The van der Waals surface area contributed by atoms with Crippen LogP contribution in [0.3, 0.4) is 0 Å². The molecule has 0 saturated carbocycles. The molecule has 1 aromatic carbocycles. The average molecular weight is 242 g/mol. The molecule has 0 saturated heterocycles. The molecule has 0 fully saturated rings. The Labute approximate surface area is 100 Å². The molecule has 0 bridgehead atoms. The lowest BCUT2D eigenvalue weighted by Gasteiger charge is -2.23. The van der Waals surface area contributed by atoms with Gasteiger partial charge in [0, 0.05) is 24.8 Å². The topological polar surface area (TPSA) is 85.2 Å². The standard InChI is InChI=1S/C11H18N2O4/c1-17-11-8-9(2-3-10(11)12-16)13(4-6-14)5-7-15/h2-3,8,12,14-16H,4-7H2,1H3. The maximum atomic E-state index is 8.94. The summed E-state index contributed by atoms with van der Waals surface area (Å²) in [7, 11) is 1.50. The number of aliphatic hydroxyl groups is 2. The van der Waals surface area contributed by atoms with Gasteiger partial charge in [0.2, 0.25) is 0 Å². The van der Waals surface area contributed by atoms with Crippen molar-refractivity contribution in [3.63, 3.8) is 0 Å². The van der Waals surface area contributed by atoms with Crippen molar-refractivity contribution < 1.29 is 20.2 Å². The van der Waals surface area contributed by atoms with E-state index in [4.69, 9.17) is 20.2 Å². The van der Waals surface area contributed by atoms with Crippen LogP contribution < -0.4 is 15.1 Å². The highest BCUT2D eigenvalue weighted by Gasteiger charge is 2.09. The van der Waals surface area contributed by atoms with E-state index in [0.717, 1.165) is 5.69 Å². The lowest BCUT2D eigenvalue weighted by Crippen LogP contribution is -2.29. The van der Waals surface area contributed by atoms with Gasteiger partial charge >= 0.3 is 0 Å². The summed E-state index contributed by atoms with van der Waals surface area (Å²) in [5.41, 5.74) is 3.31. The number of nitrogens with one attached hydrogen (secondary N) is 1. The van der Waals surface area contributed by atoms with E-state index >= 15 is 0 Å². The monoisotopic (exact) mass is 242 g/mol. The summed E-state index contributed by atoms with van der Waals surface area (Å²) in [5.74, 6) is 0.492. The summed E-state index contributed by atoms with van der Waals surface area (Å²) in [6, 6.07) is 5.16.